The maximum absolute atomic E-state index is 13.3. The van der Waals surface area contributed by atoms with E-state index in [0.717, 1.165) is 37.9 Å². The molecule has 1 saturated carbocycles. The normalized spacial score (nSPS) is 16.2. The Balaban J connectivity index is 1.83. The van der Waals surface area contributed by atoms with Gasteiger partial charge in [-0.15, -0.1) is 0 Å². The number of nitrogens with zero attached hydrogens (tertiary/aromatic N) is 3. The number of aromatic nitrogens is 2. The van der Waals surface area contributed by atoms with Crippen LogP contribution in [0.3, 0.4) is 0 Å². The molecule has 12 heteroatoms. The molecule has 4 rings (SSSR count). The third kappa shape index (κ3) is 4.75. The summed E-state index contributed by atoms with van der Waals surface area (Å²) in [5, 5.41) is 10.3. The van der Waals surface area contributed by atoms with Gasteiger partial charge >= 0.3 is 6.18 Å². The van der Waals surface area contributed by atoms with Crippen molar-refractivity contribution in [2.45, 2.75) is 62.2 Å². The van der Waals surface area contributed by atoms with Crippen LogP contribution < -0.4 is 4.72 Å². The van der Waals surface area contributed by atoms with E-state index in [1.54, 1.807) is 10.8 Å². The van der Waals surface area contributed by atoms with Gasteiger partial charge in [0.15, 0.2) is 0 Å². The molecule has 1 N–H and O–H groups in total. The summed E-state index contributed by atoms with van der Waals surface area (Å²) in [7, 11) is -4.51. The van der Waals surface area contributed by atoms with Gasteiger partial charge in [-0.05, 0) is 44.0 Å². The molecule has 2 heterocycles. The maximum Gasteiger partial charge on any atom is 0.404 e. The quantitative estimate of drug-likeness (QED) is 0.420. The number of hydrogen-bond donors (Lipinski definition) is 1. The van der Waals surface area contributed by atoms with E-state index in [-0.39, 0.29) is 22.9 Å². The van der Waals surface area contributed by atoms with Gasteiger partial charge in [-0.2, -0.15) is 23.2 Å². The first kappa shape index (κ1) is 25.1. The van der Waals surface area contributed by atoms with Crippen LogP contribution >= 0.6 is 0 Å². The predicted molar refractivity (Wildman–Crippen MR) is 118 cm³/mol. The van der Waals surface area contributed by atoms with E-state index in [0.29, 0.717) is 23.5 Å². The molecular weight excluding hydrogens is 491 g/mol. The van der Waals surface area contributed by atoms with Crippen molar-refractivity contribution in [3.63, 3.8) is 0 Å². The number of benzene rings is 1. The molecule has 0 amide bonds. The van der Waals surface area contributed by atoms with Crippen molar-refractivity contribution in [1.29, 1.82) is 5.26 Å². The highest BCUT2D eigenvalue weighted by Crippen LogP contribution is 2.41. The van der Waals surface area contributed by atoms with Crippen LogP contribution in [0, 0.1) is 11.3 Å². The summed E-state index contributed by atoms with van der Waals surface area (Å²) in [5.74, 6) is 0. The van der Waals surface area contributed by atoms with E-state index in [9.17, 15) is 35.6 Å². The molecule has 1 fully saturated rings. The second-order valence-electron chi connectivity index (χ2n) is 8.48. The van der Waals surface area contributed by atoms with Gasteiger partial charge < -0.3 is 4.57 Å². The number of nitriles is 1. The van der Waals surface area contributed by atoms with Crippen molar-refractivity contribution in [2.75, 3.05) is 0 Å². The summed E-state index contributed by atoms with van der Waals surface area (Å²) >= 11 is 0. The number of hydrogen-bond acceptors (Lipinski definition) is 4. The van der Waals surface area contributed by atoms with E-state index < -0.39 is 33.6 Å². The Bertz CT molecular complexity index is 1390. The van der Waals surface area contributed by atoms with Gasteiger partial charge in [0.2, 0.25) is 10.0 Å². The van der Waals surface area contributed by atoms with Crippen LogP contribution in [-0.4, -0.2) is 30.2 Å². The van der Waals surface area contributed by atoms with Gasteiger partial charge in [0.25, 0.3) is 6.43 Å². The highest BCUT2D eigenvalue weighted by atomic mass is 32.2. The van der Waals surface area contributed by atoms with Gasteiger partial charge in [0.1, 0.15) is 17.0 Å². The van der Waals surface area contributed by atoms with E-state index >= 15 is 0 Å². The van der Waals surface area contributed by atoms with E-state index in [2.05, 4.69) is 11.1 Å². The molecule has 6 nitrogen and oxygen atoms in total. The minimum atomic E-state index is -4.76. The number of halogens is 5. The van der Waals surface area contributed by atoms with Crippen molar-refractivity contribution in [1.82, 2.24) is 14.3 Å². The molecule has 3 aromatic rings. The van der Waals surface area contributed by atoms with Crippen LogP contribution in [-0.2, 0) is 10.0 Å². The lowest BCUT2D eigenvalue weighted by Crippen LogP contribution is -2.42. The highest BCUT2D eigenvalue weighted by Gasteiger charge is 2.39. The Morgan fingerprint density at radius 2 is 1.86 bits per heavy atom. The monoisotopic (exact) mass is 512 g/mol. The lowest BCUT2D eigenvalue weighted by Gasteiger charge is -2.19. The molecule has 186 valence electrons. The van der Waals surface area contributed by atoms with Gasteiger partial charge in [-0.25, -0.2) is 17.2 Å². The molecule has 0 aliphatic heterocycles. The summed E-state index contributed by atoms with van der Waals surface area (Å²) in [6.45, 7) is 0.687. The average Bonchev–Trinajstić information content (AvgIpc) is 3.43. The lowest BCUT2D eigenvalue weighted by molar-refractivity contribution is -0.147. The first-order chi connectivity index (χ1) is 16.4. The molecule has 1 aliphatic carbocycles. The fourth-order valence-electron chi connectivity index (χ4n) is 4.42. The maximum atomic E-state index is 13.3. The summed E-state index contributed by atoms with van der Waals surface area (Å²) in [6, 6.07) is 6.30. The van der Waals surface area contributed by atoms with Gasteiger partial charge in [-0.1, -0.05) is 18.9 Å². The summed E-state index contributed by atoms with van der Waals surface area (Å²) in [5.41, 5.74) is 1.06. The van der Waals surface area contributed by atoms with Crippen LogP contribution in [0.2, 0.25) is 0 Å². The number of sulfonamides is 1. The largest absolute Gasteiger partial charge is 0.404 e. The van der Waals surface area contributed by atoms with Gasteiger partial charge in [-0.3, -0.25) is 4.98 Å². The molecule has 35 heavy (non-hydrogen) atoms. The first-order valence-corrected chi connectivity index (χ1v) is 12.3. The van der Waals surface area contributed by atoms with Crippen LogP contribution in [0.4, 0.5) is 22.0 Å². The lowest BCUT2D eigenvalue weighted by atomic mass is 10.1. The van der Waals surface area contributed by atoms with Crippen LogP contribution in [0.5, 0.6) is 0 Å². The van der Waals surface area contributed by atoms with Crippen LogP contribution in [0.1, 0.15) is 56.2 Å². The predicted octanol–water partition coefficient (Wildman–Crippen LogP) is 5.86. The zero-order valence-corrected chi connectivity index (χ0v) is 19.3. The van der Waals surface area contributed by atoms with Crippen molar-refractivity contribution in [2.24, 2.45) is 0 Å². The zero-order chi connectivity index (χ0) is 25.5. The standard InChI is InChI=1S/C23H21F5N4O2S/c1-13(23(26,27)28)31-35(33,34)16-7-8-19(30-12-16)21-18(11-29)17-10-14(22(24)25)6-9-20(17)32(21)15-4-2-3-5-15/h6-10,12-13,15,22,31H,2-5H2,1H3/t13-/m1/s1. The van der Waals surface area contributed by atoms with Crippen molar-refractivity contribution in [3.8, 4) is 17.5 Å². The first-order valence-electron chi connectivity index (χ1n) is 10.9. The second kappa shape index (κ2) is 9.20. The molecule has 0 radical (unpaired) electrons. The molecule has 2 aromatic heterocycles. The minimum Gasteiger partial charge on any atom is -0.335 e. The third-order valence-electron chi connectivity index (χ3n) is 6.19. The SMILES string of the molecule is C[C@@H](NS(=O)(=O)c1ccc(-c2c(C#N)c3cc(C(F)F)ccc3n2C2CCCC2)nc1)C(F)(F)F. The minimum absolute atomic E-state index is 0.00786. The fourth-order valence-corrected chi connectivity index (χ4v) is 5.60. The number of nitrogens with one attached hydrogen (secondary N) is 1. The molecule has 0 saturated heterocycles. The Kier molecular flexibility index (Phi) is 6.59. The average molecular weight is 513 g/mol. The molecule has 0 bridgehead atoms. The van der Waals surface area contributed by atoms with E-state index in [1.165, 1.54) is 18.2 Å². The van der Waals surface area contributed by atoms with Crippen molar-refractivity contribution >= 4 is 20.9 Å². The Labute approximate surface area is 198 Å². The third-order valence-corrected chi connectivity index (χ3v) is 7.72. The topological polar surface area (TPSA) is 87.8 Å². The van der Waals surface area contributed by atoms with Crippen molar-refractivity contribution in [3.05, 3.63) is 47.7 Å². The molecular formula is C23H21F5N4O2S. The van der Waals surface area contributed by atoms with Crippen molar-refractivity contribution < 1.29 is 30.4 Å². The number of alkyl halides is 5. The smallest absolute Gasteiger partial charge is 0.335 e. The summed E-state index contributed by atoms with van der Waals surface area (Å²) in [4.78, 5) is 3.68. The molecule has 0 unspecified atom stereocenters. The van der Waals surface area contributed by atoms with E-state index in [1.807, 2.05) is 4.57 Å². The highest BCUT2D eigenvalue weighted by molar-refractivity contribution is 7.89. The fraction of sp³-hybridized carbons (Fsp3) is 0.391. The number of pyridine rings is 1. The Morgan fingerprint density at radius 1 is 1.17 bits per heavy atom. The van der Waals surface area contributed by atoms with Gasteiger partial charge in [0, 0.05) is 23.2 Å². The molecule has 1 atom stereocenters. The number of rotatable bonds is 6. The molecule has 1 aromatic carbocycles. The van der Waals surface area contributed by atoms with Crippen LogP contribution in [0.15, 0.2) is 41.4 Å². The number of fused-ring (bicyclic) bond motifs is 1. The Morgan fingerprint density at radius 3 is 2.40 bits per heavy atom. The summed E-state index contributed by atoms with van der Waals surface area (Å²) in [6.07, 6.45) is -3.04. The molecule has 1 aliphatic rings. The summed E-state index contributed by atoms with van der Waals surface area (Å²) < 4.78 is 93.4. The molecule has 0 spiro atoms. The Hall–Kier alpha value is -3.04. The van der Waals surface area contributed by atoms with Crippen LogP contribution in [0.25, 0.3) is 22.3 Å². The van der Waals surface area contributed by atoms with Gasteiger partial charge in [0.05, 0.1) is 22.5 Å². The van der Waals surface area contributed by atoms with E-state index in [4.69, 9.17) is 0 Å². The second-order valence-corrected chi connectivity index (χ2v) is 10.2. The zero-order valence-electron chi connectivity index (χ0n) is 18.5.